The van der Waals surface area contributed by atoms with Crippen LogP contribution in [-0.2, 0) is 19.1 Å². The van der Waals surface area contributed by atoms with Gasteiger partial charge in [0.1, 0.15) is 19.2 Å². The van der Waals surface area contributed by atoms with E-state index in [4.69, 9.17) is 4.74 Å². The average Bonchev–Trinajstić information content (AvgIpc) is 2.60. The fraction of sp³-hybridized carbons (Fsp3) is 0.500. The monoisotopic (exact) mass is 376 g/mol. The molecule has 0 amide bonds. The molecule has 0 bridgehead atoms. The Labute approximate surface area is 162 Å². The molecular formula is C22H32O5. The third kappa shape index (κ3) is 13.6. The van der Waals surface area contributed by atoms with Crippen LogP contribution in [0.4, 0.5) is 0 Å². The van der Waals surface area contributed by atoms with Gasteiger partial charge in [-0.05, 0) is 70.1 Å². The molecule has 1 N–H and O–H groups in total. The van der Waals surface area contributed by atoms with Gasteiger partial charge in [0.05, 0.1) is 6.10 Å². The molecule has 5 heteroatoms. The molecule has 0 aliphatic carbocycles. The molecule has 0 aliphatic rings. The molecule has 0 aromatic carbocycles. The maximum Gasteiger partial charge on any atom is 0.302 e. The zero-order chi connectivity index (χ0) is 20.7. The summed E-state index contributed by atoms with van der Waals surface area (Å²) in [5.74, 6) is -0.400. The number of ether oxygens (including phenoxy) is 1. The molecule has 0 aliphatic heterocycles. The summed E-state index contributed by atoms with van der Waals surface area (Å²) in [6, 6.07) is 0. The minimum absolute atomic E-state index is 0.0446. The van der Waals surface area contributed by atoms with Crippen molar-refractivity contribution < 1.29 is 24.2 Å². The molecule has 5 nitrogen and oxygen atoms in total. The van der Waals surface area contributed by atoms with Crippen molar-refractivity contribution in [2.45, 2.75) is 65.9 Å². The Morgan fingerprint density at radius 2 is 1.67 bits per heavy atom. The zero-order valence-corrected chi connectivity index (χ0v) is 16.9. The maximum atomic E-state index is 11.2. The van der Waals surface area contributed by atoms with Gasteiger partial charge < -0.3 is 9.84 Å². The number of rotatable bonds is 13. The van der Waals surface area contributed by atoms with Gasteiger partial charge in [0.15, 0.2) is 0 Å². The standard InChI is InChI=1S/C22H32O5/c1-17(2)11-12-22(26)21(16-27-19(4)25)10-6-9-20(15-24)8-5-7-18(3)13-14-23/h8,10-11,13-15,22,26H,5-7,9,12,16H2,1-4H3/b18-13-,20-8+,21-10-. The second-order valence-corrected chi connectivity index (χ2v) is 6.72. The van der Waals surface area contributed by atoms with Crippen LogP contribution in [0.15, 0.2) is 46.6 Å². The third-order valence-corrected chi connectivity index (χ3v) is 3.91. The predicted octanol–water partition coefficient (Wildman–Crippen LogP) is 4.02. The molecule has 27 heavy (non-hydrogen) atoms. The molecular weight excluding hydrogens is 344 g/mol. The van der Waals surface area contributed by atoms with Gasteiger partial charge in [0.2, 0.25) is 0 Å². The highest BCUT2D eigenvalue weighted by molar-refractivity contribution is 5.73. The van der Waals surface area contributed by atoms with Gasteiger partial charge >= 0.3 is 5.97 Å². The summed E-state index contributed by atoms with van der Waals surface area (Å²) >= 11 is 0. The third-order valence-electron chi connectivity index (χ3n) is 3.91. The molecule has 0 aromatic heterocycles. The van der Waals surface area contributed by atoms with Crippen LogP contribution in [0.25, 0.3) is 0 Å². The van der Waals surface area contributed by atoms with Gasteiger partial charge in [-0.2, -0.15) is 0 Å². The molecule has 0 rings (SSSR count). The van der Waals surface area contributed by atoms with Crippen molar-refractivity contribution in [2.24, 2.45) is 0 Å². The molecule has 0 heterocycles. The normalized spacial score (nSPS) is 13.7. The Bertz CT molecular complexity index is 604. The van der Waals surface area contributed by atoms with Gasteiger partial charge in [0, 0.05) is 6.92 Å². The Hall–Kier alpha value is -2.27. The lowest BCUT2D eigenvalue weighted by atomic mass is 10.0. The van der Waals surface area contributed by atoms with Crippen molar-refractivity contribution in [3.05, 3.63) is 46.6 Å². The van der Waals surface area contributed by atoms with Crippen LogP contribution in [0.1, 0.15) is 59.8 Å². The Kier molecular flexibility index (Phi) is 13.6. The fourth-order valence-electron chi connectivity index (χ4n) is 2.29. The summed E-state index contributed by atoms with van der Waals surface area (Å²) in [6.45, 7) is 7.16. The van der Waals surface area contributed by atoms with Crippen LogP contribution in [0.2, 0.25) is 0 Å². The predicted molar refractivity (Wildman–Crippen MR) is 107 cm³/mol. The minimum Gasteiger partial charge on any atom is -0.461 e. The van der Waals surface area contributed by atoms with Gasteiger partial charge in [0.25, 0.3) is 0 Å². The lowest BCUT2D eigenvalue weighted by Crippen LogP contribution is -2.16. The van der Waals surface area contributed by atoms with E-state index in [1.54, 1.807) is 0 Å². The van der Waals surface area contributed by atoms with Crippen LogP contribution in [0.3, 0.4) is 0 Å². The Balaban J connectivity index is 4.85. The number of aliphatic hydroxyl groups is 1. The van der Waals surface area contributed by atoms with Gasteiger partial charge in [-0.3, -0.25) is 14.4 Å². The first-order chi connectivity index (χ1) is 12.8. The number of hydrogen-bond donors (Lipinski definition) is 1. The van der Waals surface area contributed by atoms with Crippen LogP contribution < -0.4 is 0 Å². The minimum atomic E-state index is -0.723. The van der Waals surface area contributed by atoms with Crippen LogP contribution in [-0.4, -0.2) is 36.4 Å². The summed E-state index contributed by atoms with van der Waals surface area (Å²) in [6.07, 6.45) is 11.0. The number of esters is 1. The highest BCUT2D eigenvalue weighted by Gasteiger charge is 2.11. The van der Waals surface area contributed by atoms with Crippen LogP contribution in [0, 0.1) is 0 Å². The quantitative estimate of drug-likeness (QED) is 0.227. The maximum absolute atomic E-state index is 11.2. The smallest absolute Gasteiger partial charge is 0.302 e. The molecule has 0 aromatic rings. The van der Waals surface area contributed by atoms with Crippen molar-refractivity contribution in [2.75, 3.05) is 6.61 Å². The summed E-state index contributed by atoms with van der Waals surface area (Å²) in [5.41, 5.74) is 3.39. The number of allylic oxidation sites excluding steroid dienone is 6. The summed E-state index contributed by atoms with van der Waals surface area (Å²) in [5, 5.41) is 10.3. The molecule has 0 spiro atoms. The number of carbonyl (C=O) groups excluding carboxylic acids is 3. The van der Waals surface area contributed by atoms with E-state index in [0.29, 0.717) is 36.8 Å². The number of carbonyl (C=O) groups is 3. The molecule has 0 fully saturated rings. The van der Waals surface area contributed by atoms with E-state index in [2.05, 4.69) is 0 Å². The lowest BCUT2D eigenvalue weighted by molar-refractivity contribution is -0.140. The molecule has 0 radical (unpaired) electrons. The molecule has 0 saturated carbocycles. The highest BCUT2D eigenvalue weighted by atomic mass is 16.5. The Morgan fingerprint density at radius 1 is 1.00 bits per heavy atom. The van der Waals surface area contributed by atoms with E-state index in [9.17, 15) is 19.5 Å². The van der Waals surface area contributed by atoms with Gasteiger partial charge in [-0.1, -0.05) is 29.4 Å². The first kappa shape index (κ1) is 24.7. The Morgan fingerprint density at radius 3 is 2.22 bits per heavy atom. The molecule has 0 saturated heterocycles. The van der Waals surface area contributed by atoms with Gasteiger partial charge in [-0.25, -0.2) is 0 Å². The SMILES string of the molecule is CC(=O)OC/C(=C/CC/C(C=O)=C\CC/C(C)=C\C=O)C(O)CC=C(C)C. The molecule has 1 unspecified atom stereocenters. The van der Waals surface area contributed by atoms with E-state index in [1.165, 1.54) is 13.0 Å². The van der Waals surface area contributed by atoms with E-state index >= 15 is 0 Å². The van der Waals surface area contributed by atoms with Crippen molar-refractivity contribution in [3.63, 3.8) is 0 Å². The van der Waals surface area contributed by atoms with Crippen LogP contribution in [0.5, 0.6) is 0 Å². The highest BCUT2D eigenvalue weighted by Crippen LogP contribution is 2.14. The molecule has 1 atom stereocenters. The summed E-state index contributed by atoms with van der Waals surface area (Å²) in [4.78, 5) is 32.7. The van der Waals surface area contributed by atoms with E-state index in [0.717, 1.165) is 30.1 Å². The first-order valence-corrected chi connectivity index (χ1v) is 9.19. The van der Waals surface area contributed by atoms with E-state index in [-0.39, 0.29) is 6.61 Å². The van der Waals surface area contributed by atoms with Crippen LogP contribution >= 0.6 is 0 Å². The zero-order valence-electron chi connectivity index (χ0n) is 16.9. The number of hydrogen-bond acceptors (Lipinski definition) is 5. The largest absolute Gasteiger partial charge is 0.461 e. The van der Waals surface area contributed by atoms with E-state index in [1.807, 2.05) is 39.0 Å². The first-order valence-electron chi connectivity index (χ1n) is 9.19. The van der Waals surface area contributed by atoms with Crippen molar-refractivity contribution in [1.29, 1.82) is 0 Å². The van der Waals surface area contributed by atoms with Crippen molar-refractivity contribution in [3.8, 4) is 0 Å². The second-order valence-electron chi connectivity index (χ2n) is 6.72. The molecule has 150 valence electrons. The van der Waals surface area contributed by atoms with Crippen molar-refractivity contribution in [1.82, 2.24) is 0 Å². The summed E-state index contributed by atoms with van der Waals surface area (Å²) in [7, 11) is 0. The van der Waals surface area contributed by atoms with Crippen molar-refractivity contribution >= 4 is 18.5 Å². The average molecular weight is 376 g/mol. The topological polar surface area (TPSA) is 80.7 Å². The number of aldehydes is 2. The lowest BCUT2D eigenvalue weighted by Gasteiger charge is -2.14. The fourth-order valence-corrected chi connectivity index (χ4v) is 2.29. The number of aliphatic hydroxyl groups excluding tert-OH is 1. The second kappa shape index (κ2) is 14.9. The summed E-state index contributed by atoms with van der Waals surface area (Å²) < 4.78 is 5.02. The van der Waals surface area contributed by atoms with E-state index < -0.39 is 12.1 Å². The van der Waals surface area contributed by atoms with Gasteiger partial charge in [-0.15, -0.1) is 0 Å².